The molecule has 1 N–H and O–H groups in total. The molecule has 0 atom stereocenters. The Kier molecular flexibility index (Phi) is 6.07. The maximum absolute atomic E-state index is 11.1. The van der Waals surface area contributed by atoms with Crippen molar-refractivity contribution in [2.75, 3.05) is 0 Å². The number of hydrazone groups is 1. The smallest absolute Gasteiger partial charge is 0.254 e. The number of rotatable bonds is 5. The van der Waals surface area contributed by atoms with E-state index in [4.69, 9.17) is 21.3 Å². The van der Waals surface area contributed by atoms with Gasteiger partial charge in [-0.1, -0.05) is 23.4 Å². The number of amides is 1. The minimum Gasteiger partial charge on any atom is -0.447 e. The minimum absolute atomic E-state index is 0.239. The molecular formula is C14H9BrClN3O2S. The van der Waals surface area contributed by atoms with Gasteiger partial charge in [-0.2, -0.15) is 10.4 Å². The normalized spacial score (nSPS) is 10.6. The second-order valence-electron chi connectivity index (χ2n) is 3.97. The molecule has 0 fully saturated rings. The topological polar surface area (TPSA) is 78.4 Å². The van der Waals surface area contributed by atoms with Gasteiger partial charge >= 0.3 is 0 Å². The predicted molar refractivity (Wildman–Crippen MR) is 87.9 cm³/mol. The number of carbonyl (C=O) groups excluding carboxylic acids is 1. The van der Waals surface area contributed by atoms with Crippen molar-refractivity contribution >= 4 is 51.4 Å². The van der Waals surface area contributed by atoms with Crippen molar-refractivity contribution in [2.45, 2.75) is 16.4 Å². The number of furan rings is 1. The molecule has 8 heteroatoms. The molecule has 22 heavy (non-hydrogen) atoms. The van der Waals surface area contributed by atoms with Gasteiger partial charge in [0.1, 0.15) is 12.2 Å². The summed E-state index contributed by atoms with van der Waals surface area (Å²) in [7, 11) is 0. The number of nitriles is 1. The number of nitrogens with zero attached hydrogens (tertiary/aromatic N) is 2. The fourth-order valence-corrected chi connectivity index (χ4v) is 2.85. The summed E-state index contributed by atoms with van der Waals surface area (Å²) < 4.78 is 6.38. The molecule has 0 unspecified atom stereocenters. The highest BCUT2D eigenvalue weighted by Gasteiger charge is 2.10. The maximum Gasteiger partial charge on any atom is 0.254 e. The van der Waals surface area contributed by atoms with Gasteiger partial charge in [0.05, 0.1) is 16.8 Å². The van der Waals surface area contributed by atoms with Crippen LogP contribution in [0, 0.1) is 11.3 Å². The zero-order valence-electron chi connectivity index (χ0n) is 11.0. The van der Waals surface area contributed by atoms with Gasteiger partial charge in [-0.25, -0.2) is 5.43 Å². The van der Waals surface area contributed by atoms with E-state index in [2.05, 4.69) is 26.5 Å². The van der Waals surface area contributed by atoms with Gasteiger partial charge in [0, 0.05) is 16.0 Å². The van der Waals surface area contributed by atoms with Crippen LogP contribution in [0.15, 0.2) is 54.3 Å². The third kappa shape index (κ3) is 4.91. The fraction of sp³-hybridized carbons (Fsp3) is 0.0714. The molecule has 5 nitrogen and oxygen atoms in total. The summed E-state index contributed by atoms with van der Waals surface area (Å²) in [6.07, 6.45) is 1.13. The molecule has 1 aromatic carbocycles. The second kappa shape index (κ2) is 8.03. The average Bonchev–Trinajstić information content (AvgIpc) is 2.82. The van der Waals surface area contributed by atoms with Crippen molar-refractivity contribution in [3.63, 3.8) is 0 Å². The lowest BCUT2D eigenvalue weighted by molar-refractivity contribution is -0.120. The van der Waals surface area contributed by atoms with Gasteiger partial charge in [-0.3, -0.25) is 4.79 Å². The quantitative estimate of drug-likeness (QED) is 0.604. The van der Waals surface area contributed by atoms with Crippen molar-refractivity contribution in [3.8, 4) is 6.07 Å². The molecule has 0 aliphatic heterocycles. The van der Waals surface area contributed by atoms with E-state index in [0.717, 1.165) is 9.37 Å². The third-order valence-electron chi connectivity index (χ3n) is 2.32. The monoisotopic (exact) mass is 397 g/mol. The van der Waals surface area contributed by atoms with Crippen LogP contribution in [0.2, 0.25) is 5.02 Å². The SMILES string of the molecule is N#CCC(=O)NN=Cc1cc(Br)c(Sc2ccc(Cl)cc2)o1. The van der Waals surface area contributed by atoms with E-state index in [9.17, 15) is 4.79 Å². The second-order valence-corrected chi connectivity index (χ2v) is 6.31. The molecule has 0 radical (unpaired) electrons. The van der Waals surface area contributed by atoms with Crippen molar-refractivity contribution < 1.29 is 9.21 Å². The van der Waals surface area contributed by atoms with Crippen LogP contribution in [-0.2, 0) is 4.79 Å². The van der Waals surface area contributed by atoms with Gasteiger partial charge < -0.3 is 4.42 Å². The minimum atomic E-state index is -0.472. The Morgan fingerprint density at radius 3 is 2.91 bits per heavy atom. The Labute approximate surface area is 144 Å². The average molecular weight is 399 g/mol. The molecule has 1 heterocycles. The molecule has 0 saturated carbocycles. The molecule has 2 aromatic rings. The highest BCUT2D eigenvalue weighted by Crippen LogP contribution is 2.35. The molecule has 0 aliphatic rings. The van der Waals surface area contributed by atoms with E-state index in [1.54, 1.807) is 24.3 Å². The lowest BCUT2D eigenvalue weighted by Crippen LogP contribution is -2.15. The van der Waals surface area contributed by atoms with Crippen LogP contribution in [0.5, 0.6) is 0 Å². The molecule has 1 aromatic heterocycles. The highest BCUT2D eigenvalue weighted by atomic mass is 79.9. The number of halogens is 2. The molecule has 0 aliphatic carbocycles. The molecule has 1 amide bonds. The van der Waals surface area contributed by atoms with E-state index >= 15 is 0 Å². The van der Waals surface area contributed by atoms with Crippen LogP contribution in [0.4, 0.5) is 0 Å². The Bertz CT molecular complexity index is 738. The summed E-state index contributed by atoms with van der Waals surface area (Å²) in [6.45, 7) is 0. The molecule has 112 valence electrons. The Balaban J connectivity index is 2.02. The summed E-state index contributed by atoms with van der Waals surface area (Å²) in [5.74, 6) is 0.000677. The number of benzene rings is 1. The van der Waals surface area contributed by atoms with E-state index in [1.165, 1.54) is 18.0 Å². The van der Waals surface area contributed by atoms with Crippen molar-refractivity contribution in [1.82, 2.24) is 5.43 Å². The van der Waals surface area contributed by atoms with Crippen LogP contribution < -0.4 is 5.43 Å². The molecule has 0 spiro atoms. The van der Waals surface area contributed by atoms with Gasteiger partial charge in [-0.15, -0.1) is 0 Å². The van der Waals surface area contributed by atoms with Gasteiger partial charge in [0.25, 0.3) is 5.91 Å². The van der Waals surface area contributed by atoms with E-state index in [-0.39, 0.29) is 6.42 Å². The molecule has 2 rings (SSSR count). The Morgan fingerprint density at radius 2 is 2.23 bits per heavy atom. The first-order valence-corrected chi connectivity index (χ1v) is 7.99. The molecular weight excluding hydrogens is 390 g/mol. The van der Waals surface area contributed by atoms with Crippen molar-refractivity contribution in [3.05, 3.63) is 45.6 Å². The maximum atomic E-state index is 11.1. The van der Waals surface area contributed by atoms with Crippen LogP contribution in [-0.4, -0.2) is 12.1 Å². The number of hydrogen-bond donors (Lipinski definition) is 1. The number of hydrogen-bond acceptors (Lipinski definition) is 5. The first kappa shape index (κ1) is 16.6. The van der Waals surface area contributed by atoms with Gasteiger partial charge in [-0.05, 0) is 40.2 Å². The zero-order valence-corrected chi connectivity index (χ0v) is 14.2. The van der Waals surface area contributed by atoms with E-state index in [1.807, 2.05) is 12.1 Å². The zero-order chi connectivity index (χ0) is 15.9. The predicted octanol–water partition coefficient (Wildman–Crippen LogP) is 4.21. The van der Waals surface area contributed by atoms with Gasteiger partial charge in [0.2, 0.25) is 0 Å². The lowest BCUT2D eigenvalue weighted by Gasteiger charge is -1.98. The van der Waals surface area contributed by atoms with Crippen LogP contribution >= 0.6 is 39.3 Å². The third-order valence-corrected chi connectivity index (χ3v) is 4.42. The standard InChI is InChI=1S/C14H9BrClN3O2S/c15-12-7-10(8-18-19-13(20)5-6-17)21-14(12)22-11-3-1-9(16)2-4-11/h1-4,7-8H,5H2,(H,19,20). The largest absolute Gasteiger partial charge is 0.447 e. The highest BCUT2D eigenvalue weighted by molar-refractivity contribution is 9.10. The molecule has 0 saturated heterocycles. The summed E-state index contributed by atoms with van der Waals surface area (Å²) >= 11 is 10.7. The van der Waals surface area contributed by atoms with Crippen LogP contribution in [0.25, 0.3) is 0 Å². The fourth-order valence-electron chi connectivity index (χ4n) is 1.39. The Morgan fingerprint density at radius 1 is 1.50 bits per heavy atom. The van der Waals surface area contributed by atoms with Crippen molar-refractivity contribution in [1.29, 1.82) is 5.26 Å². The van der Waals surface area contributed by atoms with Crippen LogP contribution in [0.1, 0.15) is 12.2 Å². The summed E-state index contributed by atoms with van der Waals surface area (Å²) in [5.41, 5.74) is 2.23. The van der Waals surface area contributed by atoms with Crippen molar-refractivity contribution in [2.24, 2.45) is 5.10 Å². The first-order chi connectivity index (χ1) is 10.6. The van der Waals surface area contributed by atoms with Gasteiger partial charge in [0.15, 0.2) is 5.09 Å². The first-order valence-electron chi connectivity index (χ1n) is 6.00. The van der Waals surface area contributed by atoms with E-state index < -0.39 is 5.91 Å². The summed E-state index contributed by atoms with van der Waals surface area (Å²) in [5, 5.41) is 13.4. The summed E-state index contributed by atoms with van der Waals surface area (Å²) in [6, 6.07) is 10.8. The van der Waals surface area contributed by atoms with Crippen LogP contribution in [0.3, 0.4) is 0 Å². The number of carbonyl (C=O) groups is 1. The number of nitrogens with one attached hydrogen (secondary N) is 1. The Hall–Kier alpha value is -1.75. The summed E-state index contributed by atoms with van der Waals surface area (Å²) in [4.78, 5) is 12.0. The van der Waals surface area contributed by atoms with E-state index in [0.29, 0.717) is 15.9 Å². The lowest BCUT2D eigenvalue weighted by atomic mass is 10.4. The molecule has 0 bridgehead atoms.